The molecule has 1 atom stereocenters. The maximum Gasteiger partial charge on any atom is 0.328 e. The molecule has 4 nitrogen and oxygen atoms in total. The summed E-state index contributed by atoms with van der Waals surface area (Å²) < 4.78 is 1.57. The van der Waals surface area contributed by atoms with Crippen LogP contribution in [-0.4, -0.2) is 20.9 Å². The molecule has 0 amide bonds. The molecule has 0 aromatic carbocycles. The van der Waals surface area contributed by atoms with E-state index in [1.807, 2.05) is 26.8 Å². The van der Waals surface area contributed by atoms with Crippen LogP contribution in [0.1, 0.15) is 30.8 Å². The molecule has 1 N–H and O–H groups in total. The maximum absolute atomic E-state index is 10.8. The molecule has 1 aromatic heterocycles. The highest BCUT2D eigenvalue weighted by atomic mass is 16.4. The van der Waals surface area contributed by atoms with Crippen molar-refractivity contribution >= 4 is 5.97 Å². The Bertz CT molecular complexity index is 317. The van der Waals surface area contributed by atoms with E-state index in [2.05, 4.69) is 5.10 Å². The van der Waals surface area contributed by atoms with E-state index in [1.54, 1.807) is 4.68 Å². The molecule has 0 fully saturated rings. The Kier molecular flexibility index (Phi) is 2.70. The quantitative estimate of drug-likeness (QED) is 0.771. The van der Waals surface area contributed by atoms with E-state index in [0.717, 1.165) is 11.4 Å². The number of aromatic nitrogens is 2. The van der Waals surface area contributed by atoms with Crippen molar-refractivity contribution in [3.63, 3.8) is 0 Å². The zero-order valence-electron chi connectivity index (χ0n) is 8.11. The topological polar surface area (TPSA) is 55.1 Å². The van der Waals surface area contributed by atoms with E-state index in [-0.39, 0.29) is 0 Å². The molecule has 0 aliphatic rings. The second kappa shape index (κ2) is 3.60. The standard InChI is InChI=1S/C9H14N2O2/c1-4-8(9(12)13)11-7(3)5-6(2)10-11/h5,8H,4H2,1-3H3,(H,12,13)/t8-/m1/s1. The zero-order chi connectivity index (χ0) is 10.0. The average Bonchev–Trinajstić information content (AvgIpc) is 2.31. The third kappa shape index (κ3) is 1.88. The van der Waals surface area contributed by atoms with Crippen LogP contribution in [0.25, 0.3) is 0 Å². The highest BCUT2D eigenvalue weighted by Gasteiger charge is 2.19. The molecule has 0 bridgehead atoms. The summed E-state index contributed by atoms with van der Waals surface area (Å²) in [6.45, 7) is 5.57. The Balaban J connectivity index is 3.04. The van der Waals surface area contributed by atoms with Gasteiger partial charge in [0.2, 0.25) is 0 Å². The summed E-state index contributed by atoms with van der Waals surface area (Å²) in [5, 5.41) is 13.0. The predicted molar refractivity (Wildman–Crippen MR) is 48.7 cm³/mol. The molecule has 4 heteroatoms. The highest BCUT2D eigenvalue weighted by Crippen LogP contribution is 2.14. The van der Waals surface area contributed by atoms with Gasteiger partial charge in [-0.3, -0.25) is 4.68 Å². The minimum atomic E-state index is -0.825. The van der Waals surface area contributed by atoms with Crippen molar-refractivity contribution in [3.8, 4) is 0 Å². The Morgan fingerprint density at radius 3 is 2.62 bits per heavy atom. The van der Waals surface area contributed by atoms with Gasteiger partial charge in [0.15, 0.2) is 0 Å². The minimum Gasteiger partial charge on any atom is -0.480 e. The second-order valence-electron chi connectivity index (χ2n) is 3.13. The summed E-state index contributed by atoms with van der Waals surface area (Å²) in [4.78, 5) is 10.8. The van der Waals surface area contributed by atoms with Gasteiger partial charge in [0, 0.05) is 5.69 Å². The smallest absolute Gasteiger partial charge is 0.328 e. The number of rotatable bonds is 3. The summed E-state index contributed by atoms with van der Waals surface area (Å²) in [5.41, 5.74) is 1.75. The highest BCUT2D eigenvalue weighted by molar-refractivity contribution is 5.71. The Morgan fingerprint density at radius 1 is 1.69 bits per heavy atom. The molecule has 1 aromatic rings. The van der Waals surface area contributed by atoms with Crippen LogP contribution in [0.5, 0.6) is 0 Å². The van der Waals surface area contributed by atoms with E-state index in [1.165, 1.54) is 0 Å². The fraction of sp³-hybridized carbons (Fsp3) is 0.556. The Morgan fingerprint density at radius 2 is 2.31 bits per heavy atom. The van der Waals surface area contributed by atoms with Gasteiger partial charge >= 0.3 is 5.97 Å². The van der Waals surface area contributed by atoms with Gasteiger partial charge in [0.05, 0.1) is 5.69 Å². The van der Waals surface area contributed by atoms with E-state index in [9.17, 15) is 4.79 Å². The Hall–Kier alpha value is -1.32. The molecule has 13 heavy (non-hydrogen) atoms. The number of carbonyl (C=O) groups is 1. The van der Waals surface area contributed by atoms with Gasteiger partial charge < -0.3 is 5.11 Å². The lowest BCUT2D eigenvalue weighted by Gasteiger charge is -2.11. The normalized spacial score (nSPS) is 12.8. The third-order valence-electron chi connectivity index (χ3n) is 2.01. The predicted octanol–water partition coefficient (Wildman–Crippen LogP) is 1.54. The van der Waals surface area contributed by atoms with Gasteiger partial charge in [-0.1, -0.05) is 6.92 Å². The molecule has 0 aliphatic carbocycles. The van der Waals surface area contributed by atoms with Gasteiger partial charge in [-0.05, 0) is 26.3 Å². The average molecular weight is 182 g/mol. The first-order valence-corrected chi connectivity index (χ1v) is 4.31. The van der Waals surface area contributed by atoms with E-state index in [0.29, 0.717) is 6.42 Å². The first kappa shape index (κ1) is 9.77. The number of carboxylic acid groups (broad SMARTS) is 1. The Labute approximate surface area is 77.2 Å². The lowest BCUT2D eigenvalue weighted by Crippen LogP contribution is -2.20. The first-order chi connectivity index (χ1) is 6.06. The number of hydrogen-bond acceptors (Lipinski definition) is 2. The van der Waals surface area contributed by atoms with Crippen molar-refractivity contribution in [2.45, 2.75) is 33.2 Å². The van der Waals surface area contributed by atoms with Crippen LogP contribution >= 0.6 is 0 Å². The molecule has 0 aliphatic heterocycles. The maximum atomic E-state index is 10.8. The molecular formula is C9H14N2O2. The van der Waals surface area contributed by atoms with Crippen molar-refractivity contribution in [1.29, 1.82) is 0 Å². The van der Waals surface area contributed by atoms with Gasteiger partial charge in [0.25, 0.3) is 0 Å². The second-order valence-corrected chi connectivity index (χ2v) is 3.13. The molecule has 0 saturated heterocycles. The summed E-state index contributed by atoms with van der Waals surface area (Å²) in [5.74, 6) is -0.825. The lowest BCUT2D eigenvalue weighted by atomic mass is 10.2. The third-order valence-corrected chi connectivity index (χ3v) is 2.01. The fourth-order valence-corrected chi connectivity index (χ4v) is 1.41. The first-order valence-electron chi connectivity index (χ1n) is 4.31. The van der Waals surface area contributed by atoms with E-state index in [4.69, 9.17) is 5.11 Å². The van der Waals surface area contributed by atoms with Crippen LogP contribution in [0.4, 0.5) is 0 Å². The van der Waals surface area contributed by atoms with Crippen molar-refractivity contribution < 1.29 is 9.90 Å². The number of carboxylic acids is 1. The molecule has 1 rings (SSSR count). The molecule has 1 heterocycles. The lowest BCUT2D eigenvalue weighted by molar-refractivity contribution is -0.141. The van der Waals surface area contributed by atoms with Crippen molar-refractivity contribution in [2.75, 3.05) is 0 Å². The van der Waals surface area contributed by atoms with Crippen LogP contribution in [0.15, 0.2) is 6.07 Å². The van der Waals surface area contributed by atoms with E-state index < -0.39 is 12.0 Å². The minimum absolute atomic E-state index is 0.534. The number of nitrogens with zero attached hydrogens (tertiary/aromatic N) is 2. The van der Waals surface area contributed by atoms with Crippen LogP contribution in [-0.2, 0) is 4.79 Å². The zero-order valence-corrected chi connectivity index (χ0v) is 8.11. The molecule has 0 spiro atoms. The summed E-state index contributed by atoms with van der Waals surface area (Å²) in [6.07, 6.45) is 0.553. The van der Waals surface area contributed by atoms with Crippen molar-refractivity contribution in [3.05, 3.63) is 17.5 Å². The largest absolute Gasteiger partial charge is 0.480 e. The van der Waals surface area contributed by atoms with Gasteiger partial charge in [-0.2, -0.15) is 5.10 Å². The number of aliphatic carboxylic acids is 1. The number of hydrogen-bond donors (Lipinski definition) is 1. The molecule has 0 radical (unpaired) electrons. The summed E-state index contributed by atoms with van der Waals surface area (Å²) in [6, 6.07) is 1.35. The van der Waals surface area contributed by atoms with Crippen LogP contribution < -0.4 is 0 Å². The monoisotopic (exact) mass is 182 g/mol. The molecular weight excluding hydrogens is 168 g/mol. The van der Waals surface area contributed by atoms with Crippen LogP contribution in [0, 0.1) is 13.8 Å². The summed E-state index contributed by atoms with van der Waals surface area (Å²) >= 11 is 0. The summed E-state index contributed by atoms with van der Waals surface area (Å²) in [7, 11) is 0. The molecule has 0 unspecified atom stereocenters. The molecule has 0 saturated carbocycles. The van der Waals surface area contributed by atoms with Crippen LogP contribution in [0.2, 0.25) is 0 Å². The van der Waals surface area contributed by atoms with Gasteiger partial charge in [-0.15, -0.1) is 0 Å². The van der Waals surface area contributed by atoms with Gasteiger partial charge in [-0.25, -0.2) is 4.79 Å². The fourth-order valence-electron chi connectivity index (χ4n) is 1.41. The molecule has 72 valence electrons. The van der Waals surface area contributed by atoms with Gasteiger partial charge in [0.1, 0.15) is 6.04 Å². The number of aryl methyl sites for hydroxylation is 2. The SMILES string of the molecule is CC[C@H](C(=O)O)n1nc(C)cc1C. The van der Waals surface area contributed by atoms with Crippen molar-refractivity contribution in [1.82, 2.24) is 9.78 Å². The van der Waals surface area contributed by atoms with Crippen molar-refractivity contribution in [2.24, 2.45) is 0 Å². The van der Waals surface area contributed by atoms with Crippen LogP contribution in [0.3, 0.4) is 0 Å². The van der Waals surface area contributed by atoms with E-state index >= 15 is 0 Å².